The van der Waals surface area contributed by atoms with Gasteiger partial charge in [-0.15, -0.1) is 11.0 Å². The van der Waals surface area contributed by atoms with Gasteiger partial charge in [0.05, 0.1) is 0 Å². The molecule has 0 N–H and O–H groups in total. The van der Waals surface area contributed by atoms with Crippen LogP contribution in [0.25, 0.3) is 21.8 Å². The molecule has 0 atom stereocenters. The predicted octanol–water partition coefficient (Wildman–Crippen LogP) is 8.72. The van der Waals surface area contributed by atoms with E-state index in [2.05, 4.69) is 145 Å². The molecule has 0 radical (unpaired) electrons. The fraction of sp³-hybridized carbons (Fsp3) is 0.114. The van der Waals surface area contributed by atoms with E-state index in [1.165, 1.54) is 33.0 Å². The second-order valence-electron chi connectivity index (χ2n) is 10.1. The van der Waals surface area contributed by atoms with E-state index in [0.717, 1.165) is 33.8 Å². The van der Waals surface area contributed by atoms with E-state index in [-0.39, 0.29) is 22.4 Å². The van der Waals surface area contributed by atoms with E-state index < -0.39 is 0 Å². The maximum atomic E-state index is 4.52. The van der Waals surface area contributed by atoms with Crippen LogP contribution in [0.2, 0.25) is 0 Å². The van der Waals surface area contributed by atoms with Crippen molar-refractivity contribution in [3.05, 3.63) is 131 Å². The number of rotatable bonds is 2. The normalized spacial score (nSPS) is 11.8. The minimum Gasteiger partial charge on any atom is -0.657 e. The summed E-state index contributed by atoms with van der Waals surface area (Å²) in [6.45, 7) is 8.56. The van der Waals surface area contributed by atoms with Crippen LogP contribution in [-0.2, 0) is 22.4 Å². The van der Waals surface area contributed by atoms with Gasteiger partial charge in [-0.25, -0.2) is 0 Å². The Morgan fingerprint density at radius 1 is 0.487 bits per heavy atom. The molecule has 0 fully saturated rings. The van der Waals surface area contributed by atoms with Crippen LogP contribution >= 0.6 is 0 Å². The van der Waals surface area contributed by atoms with Crippen molar-refractivity contribution >= 4 is 50.6 Å². The number of aryl methyl sites for hydroxylation is 4. The molecule has 0 saturated heterocycles. The minimum atomic E-state index is 0. The Balaban J connectivity index is 0.000000185. The van der Waals surface area contributed by atoms with Crippen molar-refractivity contribution in [1.29, 1.82) is 0 Å². The van der Waals surface area contributed by atoms with Gasteiger partial charge in [-0.1, -0.05) is 72.8 Å². The van der Waals surface area contributed by atoms with Crippen molar-refractivity contribution < 1.29 is 22.4 Å². The molecular formula is C35H30AuN3+2. The molecule has 1 aliphatic rings. The molecule has 4 heteroatoms. The second-order valence-corrected chi connectivity index (χ2v) is 10.1. The zero-order chi connectivity index (χ0) is 26.2. The Labute approximate surface area is 245 Å². The van der Waals surface area contributed by atoms with Gasteiger partial charge in [0.15, 0.2) is 0 Å². The molecule has 3 nitrogen and oxygen atoms in total. The smallest absolute Gasteiger partial charge is 0.657 e. The molecule has 1 aromatic heterocycles. The number of fused-ring (bicyclic) bond motifs is 4. The van der Waals surface area contributed by atoms with E-state index in [1.54, 1.807) is 0 Å². The average Bonchev–Trinajstić information content (AvgIpc) is 3.47. The first-order valence-electron chi connectivity index (χ1n) is 13.0. The number of nitrogens with zero attached hydrogens (tertiary/aromatic N) is 3. The zero-order valence-corrected chi connectivity index (χ0v) is 24.7. The van der Waals surface area contributed by atoms with Crippen LogP contribution in [0, 0.1) is 27.7 Å². The van der Waals surface area contributed by atoms with Gasteiger partial charge in [0.2, 0.25) is 11.4 Å². The average molecular weight is 690 g/mol. The van der Waals surface area contributed by atoms with Crippen molar-refractivity contribution in [2.24, 2.45) is 0 Å². The fourth-order valence-electron chi connectivity index (χ4n) is 5.33. The maximum absolute atomic E-state index is 4.52. The van der Waals surface area contributed by atoms with Crippen molar-refractivity contribution in [3.8, 4) is 0 Å². The molecule has 7 rings (SSSR count). The molecule has 0 aliphatic carbocycles. The van der Waals surface area contributed by atoms with Gasteiger partial charge in [0.25, 0.3) is 11.4 Å². The van der Waals surface area contributed by atoms with E-state index in [1.807, 2.05) is 12.1 Å². The van der Waals surface area contributed by atoms with Gasteiger partial charge in [0, 0.05) is 36.4 Å². The first-order chi connectivity index (χ1) is 18.5. The predicted molar refractivity (Wildman–Crippen MR) is 161 cm³/mol. The third-order valence-corrected chi connectivity index (χ3v) is 6.83. The summed E-state index contributed by atoms with van der Waals surface area (Å²) in [5.41, 5.74) is 11.8. The summed E-state index contributed by atoms with van der Waals surface area (Å²) in [6, 6.07) is 41.8. The summed E-state index contributed by atoms with van der Waals surface area (Å²) >= 11 is 0. The largest absolute Gasteiger partial charge is 1.00 e. The van der Waals surface area contributed by atoms with Gasteiger partial charge in [-0.2, -0.15) is 0 Å². The van der Waals surface area contributed by atoms with E-state index in [0.29, 0.717) is 0 Å². The molecule has 39 heavy (non-hydrogen) atoms. The molecular weight excluding hydrogens is 659 g/mol. The van der Waals surface area contributed by atoms with Crippen LogP contribution in [0.15, 0.2) is 109 Å². The van der Waals surface area contributed by atoms with E-state index in [4.69, 9.17) is 0 Å². The summed E-state index contributed by atoms with van der Waals surface area (Å²) in [5, 5.41) is 2.50. The van der Waals surface area contributed by atoms with E-state index >= 15 is 0 Å². The summed E-state index contributed by atoms with van der Waals surface area (Å²) in [6.07, 6.45) is 0. The summed E-state index contributed by atoms with van der Waals surface area (Å²) in [7, 11) is 0. The number of para-hydroxylation sites is 4. The third-order valence-electron chi connectivity index (χ3n) is 6.83. The Bertz CT molecular complexity index is 1730. The van der Waals surface area contributed by atoms with E-state index in [9.17, 15) is 0 Å². The number of aromatic nitrogens is 1. The van der Waals surface area contributed by atoms with Crippen molar-refractivity contribution in [1.82, 2.24) is 14.1 Å². The molecule has 194 valence electrons. The number of hydrogen-bond donors (Lipinski definition) is 0. The van der Waals surface area contributed by atoms with Gasteiger partial charge >= 0.3 is 28.4 Å². The van der Waals surface area contributed by atoms with Crippen molar-refractivity contribution in [2.45, 2.75) is 27.7 Å². The van der Waals surface area contributed by atoms with Crippen LogP contribution in [0.5, 0.6) is 0 Å². The van der Waals surface area contributed by atoms with Gasteiger partial charge in [-0.3, -0.25) is 0 Å². The van der Waals surface area contributed by atoms with Crippen LogP contribution in [0.4, 0.5) is 22.7 Å². The molecule has 1 aliphatic heterocycles. The van der Waals surface area contributed by atoms with Gasteiger partial charge in [-0.05, 0) is 69.9 Å². The topological polar surface area (TPSA) is 20.1 Å². The zero-order valence-electron chi connectivity index (χ0n) is 22.5. The Hall–Kier alpha value is -3.98. The quantitative estimate of drug-likeness (QED) is 0.131. The molecule has 0 spiro atoms. The standard InChI is InChI=1S/C23H22N2.C12H8N.Au/c1-16-9-17(2)12-20(11-16)24-15-25(23-8-6-5-7-22(23)24)21-13-18(3)10-19(4)14-21;1-3-7-11-9(5-1)10-6-2-4-8-12(10)13-11;/h5-14H,1-4H3;1-8H;/q+2;-1;+1. The summed E-state index contributed by atoms with van der Waals surface area (Å²) in [4.78, 5) is 4.52. The molecule has 0 unspecified atom stereocenters. The van der Waals surface area contributed by atoms with Crippen LogP contribution < -0.4 is 14.1 Å². The Kier molecular flexibility index (Phi) is 7.52. The fourth-order valence-corrected chi connectivity index (χ4v) is 5.33. The van der Waals surface area contributed by atoms with Crippen LogP contribution in [0.1, 0.15) is 22.3 Å². The second kappa shape index (κ2) is 11.0. The number of hydrogen-bond acceptors (Lipinski definition) is 0. The first kappa shape index (κ1) is 26.6. The molecule has 6 aromatic rings. The minimum absolute atomic E-state index is 0. The Morgan fingerprint density at radius 3 is 1.26 bits per heavy atom. The van der Waals surface area contributed by atoms with Gasteiger partial charge in [0.1, 0.15) is 0 Å². The number of benzene rings is 5. The van der Waals surface area contributed by atoms with Crippen LogP contribution in [-0.4, -0.2) is 6.01 Å². The van der Waals surface area contributed by atoms with Crippen molar-refractivity contribution in [3.63, 3.8) is 0 Å². The maximum Gasteiger partial charge on any atom is 1.00 e. The third kappa shape index (κ3) is 5.31. The Morgan fingerprint density at radius 2 is 0.846 bits per heavy atom. The molecule has 0 bridgehead atoms. The van der Waals surface area contributed by atoms with Crippen LogP contribution in [0.3, 0.4) is 0 Å². The molecule has 2 heterocycles. The summed E-state index contributed by atoms with van der Waals surface area (Å²) in [5.74, 6) is 0. The van der Waals surface area contributed by atoms with Crippen molar-refractivity contribution in [2.75, 3.05) is 0 Å². The van der Waals surface area contributed by atoms with Gasteiger partial charge < -0.3 is 4.98 Å². The molecule has 0 amide bonds. The first-order valence-corrected chi connectivity index (χ1v) is 13.0. The monoisotopic (exact) mass is 689 g/mol. The summed E-state index contributed by atoms with van der Waals surface area (Å²) < 4.78 is 4.32. The molecule has 5 aromatic carbocycles. The SMILES string of the molecule is Cc1cc(C)cc([N+]2=C=[N+](c3cc(C)cc(C)c3)c3ccccc32)c1.[Au+].c1ccc2c(c1)[n-]c1ccccc12. The molecule has 0 saturated carbocycles.